The minimum atomic E-state index is 0.0403. The molecule has 0 unspecified atom stereocenters. The van der Waals surface area contributed by atoms with E-state index in [1.54, 1.807) is 18.4 Å². The monoisotopic (exact) mass is 386 g/mol. The molecule has 27 heavy (non-hydrogen) atoms. The van der Waals surface area contributed by atoms with Gasteiger partial charge in [-0.25, -0.2) is 4.98 Å². The van der Waals surface area contributed by atoms with Gasteiger partial charge in [0.1, 0.15) is 5.75 Å². The highest BCUT2D eigenvalue weighted by molar-refractivity contribution is 7.15. The Morgan fingerprint density at radius 1 is 1.33 bits per heavy atom. The number of aromatic nitrogens is 2. The summed E-state index contributed by atoms with van der Waals surface area (Å²) < 4.78 is 7.29. The van der Waals surface area contributed by atoms with E-state index in [1.165, 1.54) is 0 Å². The lowest BCUT2D eigenvalue weighted by Gasteiger charge is -2.17. The number of thiazole rings is 1. The molecule has 1 amide bonds. The van der Waals surface area contributed by atoms with Crippen LogP contribution in [0.1, 0.15) is 19.5 Å². The molecule has 0 fully saturated rings. The molecular formula is C20H26N4O2S. The zero-order valence-electron chi connectivity index (χ0n) is 16.1. The number of methoxy groups -OCH3 is 1. The SMILES string of the molecule is CCN(CC)CCNC(=O)Cc1csc2nc(-c3cccc(OC)c3)cn12. The summed E-state index contributed by atoms with van der Waals surface area (Å²) in [5, 5.41) is 5.01. The molecule has 0 aliphatic carbocycles. The number of hydrogen-bond donors (Lipinski definition) is 1. The minimum Gasteiger partial charge on any atom is -0.497 e. The number of nitrogens with one attached hydrogen (secondary N) is 1. The average molecular weight is 387 g/mol. The first kappa shape index (κ1) is 19.4. The number of rotatable bonds is 9. The van der Waals surface area contributed by atoms with Gasteiger partial charge >= 0.3 is 0 Å². The molecule has 7 heteroatoms. The van der Waals surface area contributed by atoms with Crippen LogP contribution in [0.5, 0.6) is 5.75 Å². The van der Waals surface area contributed by atoms with E-state index in [2.05, 4.69) is 29.0 Å². The van der Waals surface area contributed by atoms with Crippen molar-refractivity contribution in [2.75, 3.05) is 33.3 Å². The van der Waals surface area contributed by atoms with Crippen molar-refractivity contribution in [2.24, 2.45) is 0 Å². The molecule has 2 heterocycles. The van der Waals surface area contributed by atoms with Crippen LogP contribution < -0.4 is 10.1 Å². The van der Waals surface area contributed by atoms with Crippen molar-refractivity contribution in [3.63, 3.8) is 0 Å². The van der Waals surface area contributed by atoms with E-state index in [1.807, 2.05) is 40.2 Å². The van der Waals surface area contributed by atoms with Gasteiger partial charge in [0.15, 0.2) is 4.96 Å². The summed E-state index contributed by atoms with van der Waals surface area (Å²) in [5.41, 5.74) is 2.83. The van der Waals surface area contributed by atoms with Crippen LogP contribution in [0, 0.1) is 0 Å². The number of nitrogens with zero attached hydrogens (tertiary/aromatic N) is 3. The lowest BCUT2D eigenvalue weighted by atomic mass is 10.1. The van der Waals surface area contributed by atoms with Crippen LogP contribution >= 0.6 is 11.3 Å². The second-order valence-electron chi connectivity index (χ2n) is 6.29. The zero-order chi connectivity index (χ0) is 19.2. The Balaban J connectivity index is 1.67. The highest BCUT2D eigenvalue weighted by atomic mass is 32.1. The molecule has 1 N–H and O–H groups in total. The molecule has 0 aliphatic rings. The van der Waals surface area contributed by atoms with Crippen molar-refractivity contribution >= 4 is 22.2 Å². The van der Waals surface area contributed by atoms with E-state index in [9.17, 15) is 4.79 Å². The topological polar surface area (TPSA) is 58.9 Å². The summed E-state index contributed by atoms with van der Waals surface area (Å²) in [4.78, 5) is 20.2. The molecule has 0 radical (unpaired) electrons. The molecule has 0 bridgehead atoms. The maximum Gasteiger partial charge on any atom is 0.226 e. The molecule has 0 atom stereocenters. The number of carbonyl (C=O) groups excluding carboxylic acids is 1. The Bertz CT molecular complexity index is 898. The Morgan fingerprint density at radius 3 is 2.89 bits per heavy atom. The molecule has 144 valence electrons. The Morgan fingerprint density at radius 2 is 2.15 bits per heavy atom. The summed E-state index contributed by atoms with van der Waals surface area (Å²) in [6, 6.07) is 7.84. The van der Waals surface area contributed by atoms with Crippen LogP contribution in [-0.4, -0.2) is 53.5 Å². The van der Waals surface area contributed by atoms with Crippen LogP contribution in [0.25, 0.3) is 16.2 Å². The molecule has 6 nitrogen and oxygen atoms in total. The molecule has 0 saturated heterocycles. The van der Waals surface area contributed by atoms with E-state index in [-0.39, 0.29) is 5.91 Å². The number of carbonyl (C=O) groups is 1. The highest BCUT2D eigenvalue weighted by Crippen LogP contribution is 2.26. The van der Waals surface area contributed by atoms with E-state index in [0.717, 1.165) is 47.3 Å². The first-order valence-corrected chi connectivity index (χ1v) is 10.1. The Labute approximate surface area is 163 Å². The van der Waals surface area contributed by atoms with Crippen LogP contribution in [0.2, 0.25) is 0 Å². The predicted octanol–water partition coefficient (Wildman–Crippen LogP) is 3.07. The van der Waals surface area contributed by atoms with E-state index in [0.29, 0.717) is 13.0 Å². The molecule has 0 aliphatic heterocycles. The fraction of sp³-hybridized carbons (Fsp3) is 0.400. The third-order valence-electron chi connectivity index (χ3n) is 4.64. The first-order valence-electron chi connectivity index (χ1n) is 9.23. The number of benzene rings is 1. The van der Waals surface area contributed by atoms with Gasteiger partial charge in [0.25, 0.3) is 0 Å². The normalized spacial score (nSPS) is 11.3. The zero-order valence-corrected chi connectivity index (χ0v) is 16.9. The van der Waals surface area contributed by atoms with Crippen LogP contribution in [0.15, 0.2) is 35.8 Å². The van der Waals surface area contributed by atoms with Crippen molar-refractivity contribution in [1.29, 1.82) is 0 Å². The van der Waals surface area contributed by atoms with Gasteiger partial charge in [-0.1, -0.05) is 26.0 Å². The van der Waals surface area contributed by atoms with Gasteiger partial charge in [-0.15, -0.1) is 11.3 Å². The maximum atomic E-state index is 12.3. The number of hydrogen-bond acceptors (Lipinski definition) is 5. The highest BCUT2D eigenvalue weighted by Gasteiger charge is 2.13. The van der Waals surface area contributed by atoms with Crippen LogP contribution in [0.4, 0.5) is 0 Å². The summed E-state index contributed by atoms with van der Waals surface area (Å²) in [7, 11) is 1.65. The van der Waals surface area contributed by atoms with Crippen molar-refractivity contribution in [1.82, 2.24) is 19.6 Å². The van der Waals surface area contributed by atoms with Gasteiger partial charge in [0.05, 0.1) is 19.2 Å². The smallest absolute Gasteiger partial charge is 0.226 e. The molecule has 3 aromatic rings. The number of likely N-dealkylation sites (N-methyl/N-ethyl adjacent to an activating group) is 1. The number of ether oxygens (including phenoxy) is 1. The van der Waals surface area contributed by atoms with Gasteiger partial charge < -0.3 is 15.0 Å². The average Bonchev–Trinajstić information content (AvgIpc) is 3.27. The second-order valence-corrected chi connectivity index (χ2v) is 7.13. The van der Waals surface area contributed by atoms with Gasteiger partial charge in [-0.05, 0) is 25.2 Å². The third kappa shape index (κ3) is 4.67. The molecule has 0 saturated carbocycles. The fourth-order valence-electron chi connectivity index (χ4n) is 3.00. The number of fused-ring (bicyclic) bond motifs is 1. The minimum absolute atomic E-state index is 0.0403. The summed E-state index contributed by atoms with van der Waals surface area (Å²) in [6.07, 6.45) is 2.34. The molecular weight excluding hydrogens is 360 g/mol. The third-order valence-corrected chi connectivity index (χ3v) is 5.52. The van der Waals surface area contributed by atoms with Gasteiger partial charge in [-0.2, -0.15) is 0 Å². The lowest BCUT2D eigenvalue weighted by molar-refractivity contribution is -0.120. The lowest BCUT2D eigenvalue weighted by Crippen LogP contribution is -2.35. The summed E-state index contributed by atoms with van der Waals surface area (Å²) in [5.74, 6) is 0.843. The summed E-state index contributed by atoms with van der Waals surface area (Å²) in [6.45, 7) is 7.81. The standard InChI is InChI=1S/C20H26N4O2S/c1-4-23(5-2)10-9-21-19(25)12-16-14-27-20-22-18(13-24(16)20)15-7-6-8-17(11-15)26-3/h6-8,11,13-14H,4-5,9-10,12H2,1-3H3,(H,21,25). The van der Waals surface area contributed by atoms with Crippen molar-refractivity contribution in [2.45, 2.75) is 20.3 Å². The molecule has 0 spiro atoms. The van der Waals surface area contributed by atoms with Crippen molar-refractivity contribution in [3.8, 4) is 17.0 Å². The van der Waals surface area contributed by atoms with Gasteiger partial charge in [0.2, 0.25) is 5.91 Å². The maximum absolute atomic E-state index is 12.3. The predicted molar refractivity (Wildman–Crippen MR) is 110 cm³/mol. The van der Waals surface area contributed by atoms with Gasteiger partial charge in [-0.3, -0.25) is 9.20 Å². The van der Waals surface area contributed by atoms with Crippen molar-refractivity contribution in [3.05, 3.63) is 41.5 Å². The first-order chi connectivity index (χ1) is 13.1. The van der Waals surface area contributed by atoms with Gasteiger partial charge in [0, 0.05) is 35.9 Å². The van der Waals surface area contributed by atoms with Crippen LogP contribution in [-0.2, 0) is 11.2 Å². The Hall–Kier alpha value is -2.38. The van der Waals surface area contributed by atoms with E-state index in [4.69, 9.17) is 4.74 Å². The molecule has 3 rings (SSSR count). The van der Waals surface area contributed by atoms with Crippen LogP contribution in [0.3, 0.4) is 0 Å². The second kappa shape index (κ2) is 9.01. The van der Waals surface area contributed by atoms with E-state index >= 15 is 0 Å². The number of amides is 1. The van der Waals surface area contributed by atoms with Crippen molar-refractivity contribution < 1.29 is 9.53 Å². The summed E-state index contributed by atoms with van der Waals surface area (Å²) >= 11 is 1.55. The van der Waals surface area contributed by atoms with E-state index < -0.39 is 0 Å². The number of imidazole rings is 1. The molecule has 1 aromatic carbocycles. The Kier molecular flexibility index (Phi) is 6.47. The largest absolute Gasteiger partial charge is 0.497 e. The molecule has 2 aromatic heterocycles. The quantitative estimate of drug-likeness (QED) is 0.614. The fourth-order valence-corrected chi connectivity index (χ4v) is 3.87.